The van der Waals surface area contributed by atoms with Gasteiger partial charge >= 0.3 is 0 Å². The van der Waals surface area contributed by atoms with Gasteiger partial charge in [0.05, 0.1) is 15.5 Å². The maximum Gasteiger partial charge on any atom is 0.261 e. The Morgan fingerprint density at radius 2 is 2.05 bits per heavy atom. The topological polar surface area (TPSA) is 63.2 Å². The molecule has 0 bridgehead atoms. The molecule has 1 atom stereocenters. The molecule has 0 saturated carbocycles. The van der Waals surface area contributed by atoms with Crippen LogP contribution in [-0.2, 0) is 9.05 Å². The van der Waals surface area contributed by atoms with E-state index in [1.54, 1.807) is 0 Å². The van der Waals surface area contributed by atoms with Crippen molar-refractivity contribution in [1.82, 2.24) is 5.32 Å². The highest BCUT2D eigenvalue weighted by Crippen LogP contribution is 2.31. The van der Waals surface area contributed by atoms with Crippen molar-refractivity contribution in [3.8, 4) is 0 Å². The van der Waals surface area contributed by atoms with Gasteiger partial charge in [0, 0.05) is 21.2 Å². The number of amides is 1. The van der Waals surface area contributed by atoms with Gasteiger partial charge in [0.2, 0.25) is 0 Å². The zero-order chi connectivity index (χ0) is 14.8. The zero-order valence-corrected chi connectivity index (χ0v) is 14.1. The van der Waals surface area contributed by atoms with Crippen LogP contribution >= 0.6 is 38.2 Å². The van der Waals surface area contributed by atoms with E-state index in [0.29, 0.717) is 4.47 Å². The molecule has 8 heteroatoms. The van der Waals surface area contributed by atoms with E-state index >= 15 is 0 Å². The fraction of sp³-hybridized carbons (Fsp3) is 0.364. The van der Waals surface area contributed by atoms with E-state index in [9.17, 15) is 13.2 Å². The Morgan fingerprint density at radius 3 is 2.53 bits per heavy atom. The van der Waals surface area contributed by atoms with E-state index in [1.807, 2.05) is 13.8 Å². The van der Waals surface area contributed by atoms with E-state index in [4.69, 9.17) is 22.3 Å². The second-order valence-electron chi connectivity index (χ2n) is 3.99. The highest BCUT2D eigenvalue weighted by molar-refractivity contribution is 9.10. The van der Waals surface area contributed by atoms with Gasteiger partial charge < -0.3 is 5.32 Å². The summed E-state index contributed by atoms with van der Waals surface area (Å²) in [6, 6.07) is 2.37. The first-order valence-corrected chi connectivity index (χ1v) is 8.89. The third-order valence-electron chi connectivity index (χ3n) is 2.52. The molecule has 0 aliphatic rings. The average molecular weight is 389 g/mol. The number of hydrogen-bond donors (Lipinski definition) is 1. The minimum absolute atomic E-state index is 0.0430. The molecule has 1 aromatic carbocycles. The van der Waals surface area contributed by atoms with Crippen LogP contribution < -0.4 is 5.32 Å². The van der Waals surface area contributed by atoms with Gasteiger partial charge in [-0.25, -0.2) is 8.42 Å². The standard InChI is InChI=1S/C11H12BrCl2NO3S/c1-3-6(2)15-11(16)8-4-7(19(14,17)18)5-9(12)10(8)13/h4-6H,3H2,1-2H3,(H,15,16). The predicted octanol–water partition coefficient (Wildman–Crippen LogP) is 3.56. The molecule has 1 unspecified atom stereocenters. The van der Waals surface area contributed by atoms with Gasteiger partial charge in [-0.2, -0.15) is 0 Å². The Labute approximate surface area is 130 Å². The maximum absolute atomic E-state index is 12.0. The summed E-state index contributed by atoms with van der Waals surface area (Å²) >= 11 is 9.10. The summed E-state index contributed by atoms with van der Waals surface area (Å²) in [7, 11) is 1.34. The van der Waals surface area contributed by atoms with Crippen LogP contribution in [0.5, 0.6) is 0 Å². The summed E-state index contributed by atoms with van der Waals surface area (Å²) < 4.78 is 22.9. The quantitative estimate of drug-likeness (QED) is 0.802. The molecule has 4 nitrogen and oxygen atoms in total. The van der Waals surface area contributed by atoms with Crippen LogP contribution in [0.25, 0.3) is 0 Å². The second-order valence-corrected chi connectivity index (χ2v) is 7.79. The maximum atomic E-state index is 12.0. The first-order valence-electron chi connectivity index (χ1n) is 5.41. The fourth-order valence-electron chi connectivity index (χ4n) is 1.27. The van der Waals surface area contributed by atoms with Crippen molar-refractivity contribution < 1.29 is 13.2 Å². The summed E-state index contributed by atoms with van der Waals surface area (Å²) in [4.78, 5) is 11.8. The lowest BCUT2D eigenvalue weighted by atomic mass is 10.2. The van der Waals surface area contributed by atoms with Crippen molar-refractivity contribution in [2.75, 3.05) is 0 Å². The summed E-state index contributed by atoms with van der Waals surface area (Å²) in [6.45, 7) is 3.76. The van der Waals surface area contributed by atoms with E-state index in [0.717, 1.165) is 12.5 Å². The first-order chi connectivity index (χ1) is 8.66. The molecule has 0 spiro atoms. The van der Waals surface area contributed by atoms with E-state index < -0.39 is 15.0 Å². The van der Waals surface area contributed by atoms with Crippen molar-refractivity contribution in [2.45, 2.75) is 31.2 Å². The molecular weight excluding hydrogens is 377 g/mol. The lowest BCUT2D eigenvalue weighted by Crippen LogP contribution is -2.32. The molecule has 0 radical (unpaired) electrons. The molecule has 0 aliphatic carbocycles. The number of hydrogen-bond acceptors (Lipinski definition) is 3. The molecule has 0 heterocycles. The molecule has 0 aromatic heterocycles. The number of rotatable bonds is 4. The normalized spacial score (nSPS) is 13.1. The van der Waals surface area contributed by atoms with Crippen LogP contribution in [0.4, 0.5) is 0 Å². The minimum Gasteiger partial charge on any atom is -0.350 e. The molecule has 1 amide bonds. The van der Waals surface area contributed by atoms with Gasteiger partial charge in [0.25, 0.3) is 15.0 Å². The molecule has 1 N–H and O–H groups in total. The molecule has 0 fully saturated rings. The Hall–Kier alpha value is -0.300. The first kappa shape index (κ1) is 16.8. The average Bonchev–Trinajstić information content (AvgIpc) is 2.30. The minimum atomic E-state index is -3.93. The third-order valence-corrected chi connectivity index (χ3v) is 5.11. The molecule has 1 aromatic rings. The second kappa shape index (κ2) is 6.43. The van der Waals surface area contributed by atoms with Crippen molar-refractivity contribution in [2.24, 2.45) is 0 Å². The zero-order valence-electron chi connectivity index (χ0n) is 10.2. The predicted molar refractivity (Wildman–Crippen MR) is 79.4 cm³/mol. The third kappa shape index (κ3) is 4.34. The van der Waals surface area contributed by atoms with Crippen LogP contribution in [0.2, 0.25) is 5.02 Å². The lowest BCUT2D eigenvalue weighted by Gasteiger charge is -2.13. The van der Waals surface area contributed by atoms with Crippen molar-refractivity contribution >= 4 is 53.2 Å². The summed E-state index contributed by atoms with van der Waals surface area (Å²) in [5, 5.41) is 2.85. The van der Waals surface area contributed by atoms with E-state index in [1.165, 1.54) is 6.07 Å². The summed E-state index contributed by atoms with van der Waals surface area (Å²) in [6.07, 6.45) is 0.748. The smallest absolute Gasteiger partial charge is 0.261 e. The van der Waals surface area contributed by atoms with Gasteiger partial charge in [-0.1, -0.05) is 18.5 Å². The Morgan fingerprint density at radius 1 is 1.47 bits per heavy atom. The SMILES string of the molecule is CCC(C)NC(=O)c1cc(S(=O)(=O)Cl)cc(Br)c1Cl. The Bertz CT molecular complexity index is 604. The highest BCUT2D eigenvalue weighted by atomic mass is 79.9. The highest BCUT2D eigenvalue weighted by Gasteiger charge is 2.20. The van der Waals surface area contributed by atoms with E-state index in [-0.39, 0.29) is 21.5 Å². The monoisotopic (exact) mass is 387 g/mol. The number of carbonyl (C=O) groups excluding carboxylic acids is 1. The number of benzene rings is 1. The van der Waals surface area contributed by atoms with Crippen LogP contribution in [0.3, 0.4) is 0 Å². The number of carbonyl (C=O) groups is 1. The van der Waals surface area contributed by atoms with Crippen LogP contribution in [0, 0.1) is 0 Å². The molecule has 1 rings (SSSR count). The van der Waals surface area contributed by atoms with Gasteiger partial charge in [-0.3, -0.25) is 4.79 Å². The van der Waals surface area contributed by atoms with E-state index in [2.05, 4.69) is 21.2 Å². The molecular formula is C11H12BrCl2NO3S. The molecule has 0 aliphatic heterocycles. The van der Waals surface area contributed by atoms with Crippen molar-refractivity contribution in [3.05, 3.63) is 27.2 Å². The van der Waals surface area contributed by atoms with Gasteiger partial charge in [0.15, 0.2) is 0 Å². The Kier molecular flexibility index (Phi) is 5.67. The summed E-state index contributed by atoms with van der Waals surface area (Å²) in [5.41, 5.74) is 0.0653. The van der Waals surface area contributed by atoms with Crippen LogP contribution in [0.1, 0.15) is 30.6 Å². The molecule has 19 heavy (non-hydrogen) atoms. The largest absolute Gasteiger partial charge is 0.350 e. The molecule has 106 valence electrons. The molecule has 0 saturated heterocycles. The lowest BCUT2D eigenvalue weighted by molar-refractivity contribution is 0.0939. The fourth-order valence-corrected chi connectivity index (χ4v) is 2.86. The van der Waals surface area contributed by atoms with Crippen LogP contribution in [0.15, 0.2) is 21.5 Å². The van der Waals surface area contributed by atoms with Gasteiger partial charge in [-0.05, 0) is 41.4 Å². The summed E-state index contributed by atoms with van der Waals surface area (Å²) in [5.74, 6) is -0.442. The Balaban J connectivity index is 3.27. The van der Waals surface area contributed by atoms with Crippen LogP contribution in [-0.4, -0.2) is 20.4 Å². The van der Waals surface area contributed by atoms with Gasteiger partial charge in [-0.15, -0.1) is 0 Å². The van der Waals surface area contributed by atoms with Gasteiger partial charge in [0.1, 0.15) is 0 Å². The number of nitrogens with one attached hydrogen (secondary N) is 1. The number of halogens is 3. The van der Waals surface area contributed by atoms with Crippen molar-refractivity contribution in [3.63, 3.8) is 0 Å². The van der Waals surface area contributed by atoms with Crippen molar-refractivity contribution in [1.29, 1.82) is 0 Å².